The van der Waals surface area contributed by atoms with Crippen LogP contribution in [0.4, 0.5) is 4.79 Å². The number of piperidine rings is 1. The maximum Gasteiger partial charge on any atom is 0.410 e. The SMILES string of the molecule is COc1ccc(Cn2nc(C3CCN(C(=O)OC(C)(C)C)CC3)c3c(-c4ccc([C@@H](C)NC(=O)c5nc(C(C)(C)C)no5)cc4)ccnc32)cc1. The van der Waals surface area contributed by atoms with Gasteiger partial charge in [-0.15, -0.1) is 0 Å². The first-order chi connectivity index (χ1) is 24.2. The molecule has 0 radical (unpaired) electrons. The van der Waals surface area contributed by atoms with Crippen LogP contribution in [0.3, 0.4) is 0 Å². The van der Waals surface area contributed by atoms with Crippen molar-refractivity contribution >= 4 is 23.0 Å². The summed E-state index contributed by atoms with van der Waals surface area (Å²) in [7, 11) is 1.66. The van der Waals surface area contributed by atoms with E-state index in [-0.39, 0.29) is 29.4 Å². The van der Waals surface area contributed by atoms with Gasteiger partial charge in [0.05, 0.1) is 30.8 Å². The van der Waals surface area contributed by atoms with E-state index in [9.17, 15) is 9.59 Å². The van der Waals surface area contributed by atoms with Gasteiger partial charge in [-0.05, 0) is 81.0 Å². The number of benzene rings is 2. The zero-order valence-electron chi connectivity index (χ0n) is 30.7. The fourth-order valence-corrected chi connectivity index (χ4v) is 6.24. The number of ether oxygens (including phenoxy) is 2. The number of methoxy groups -OCH3 is 1. The van der Waals surface area contributed by atoms with Gasteiger partial charge in [0, 0.05) is 30.6 Å². The first kappa shape index (κ1) is 35.6. The molecule has 268 valence electrons. The summed E-state index contributed by atoms with van der Waals surface area (Å²) in [6.45, 7) is 15.2. The third-order valence-electron chi connectivity index (χ3n) is 9.05. The van der Waals surface area contributed by atoms with Crippen molar-refractivity contribution in [1.29, 1.82) is 0 Å². The Morgan fingerprint density at radius 1 is 0.980 bits per heavy atom. The standard InChI is InChI=1S/C39H47N7O5/c1-24(41-34(47)35-42-36(44-51-35)38(2,3)4)26-11-13-27(14-12-26)30-17-20-40-33-31(30)32(43-46(33)23-25-9-15-29(49-8)16-10-25)28-18-21-45(22-19-28)37(48)50-39(5,6)7/h9-17,20,24,28H,18-19,21-23H2,1-8H3,(H,41,47)/t24-/m1/s1. The van der Waals surface area contributed by atoms with Crippen LogP contribution in [-0.2, 0) is 16.7 Å². The summed E-state index contributed by atoms with van der Waals surface area (Å²) in [6, 6.07) is 17.9. The molecule has 2 amide bonds. The molecule has 0 spiro atoms. The molecule has 12 nitrogen and oxygen atoms in total. The number of likely N-dealkylation sites (tertiary alicyclic amines) is 1. The Hall–Kier alpha value is -5.26. The lowest BCUT2D eigenvalue weighted by atomic mass is 9.89. The molecule has 6 rings (SSSR count). The molecule has 3 aromatic heterocycles. The molecule has 1 fully saturated rings. The van der Waals surface area contributed by atoms with E-state index < -0.39 is 11.5 Å². The summed E-state index contributed by atoms with van der Waals surface area (Å²) in [5.41, 5.74) is 4.94. The second-order valence-electron chi connectivity index (χ2n) is 15.2. The second kappa shape index (κ2) is 14.2. The van der Waals surface area contributed by atoms with Crippen LogP contribution < -0.4 is 10.1 Å². The molecule has 1 saturated heterocycles. The monoisotopic (exact) mass is 693 g/mol. The summed E-state index contributed by atoms with van der Waals surface area (Å²) < 4.78 is 18.2. The molecule has 5 aromatic rings. The van der Waals surface area contributed by atoms with Crippen molar-refractivity contribution in [2.24, 2.45) is 0 Å². The average molecular weight is 694 g/mol. The first-order valence-electron chi connectivity index (χ1n) is 17.4. The number of nitrogens with zero attached hydrogens (tertiary/aromatic N) is 6. The number of hydrogen-bond donors (Lipinski definition) is 1. The molecule has 2 aromatic carbocycles. The number of fused-ring (bicyclic) bond motifs is 1. The smallest absolute Gasteiger partial charge is 0.410 e. The van der Waals surface area contributed by atoms with Gasteiger partial charge in [0.15, 0.2) is 11.5 Å². The third-order valence-corrected chi connectivity index (χ3v) is 9.05. The Morgan fingerprint density at radius 3 is 2.27 bits per heavy atom. The predicted octanol–water partition coefficient (Wildman–Crippen LogP) is 7.44. The molecular formula is C39H47N7O5. The molecule has 1 atom stereocenters. The fraction of sp³-hybridized carbons (Fsp3) is 0.436. The number of nitrogens with one attached hydrogen (secondary N) is 1. The number of rotatable bonds is 8. The summed E-state index contributed by atoms with van der Waals surface area (Å²) in [5.74, 6) is 0.928. The van der Waals surface area contributed by atoms with Crippen LogP contribution in [0.2, 0.25) is 0 Å². The minimum Gasteiger partial charge on any atom is -0.497 e. The minimum atomic E-state index is -0.547. The molecule has 0 unspecified atom stereocenters. The lowest BCUT2D eigenvalue weighted by molar-refractivity contribution is 0.0204. The number of pyridine rings is 1. The largest absolute Gasteiger partial charge is 0.497 e. The Morgan fingerprint density at radius 2 is 1.67 bits per heavy atom. The van der Waals surface area contributed by atoms with E-state index in [1.54, 1.807) is 12.0 Å². The zero-order valence-corrected chi connectivity index (χ0v) is 30.7. The van der Waals surface area contributed by atoms with Gasteiger partial charge in [0.25, 0.3) is 0 Å². The van der Waals surface area contributed by atoms with Gasteiger partial charge in [0.1, 0.15) is 11.4 Å². The van der Waals surface area contributed by atoms with Gasteiger partial charge in [-0.3, -0.25) is 4.79 Å². The van der Waals surface area contributed by atoms with Gasteiger partial charge in [0.2, 0.25) is 0 Å². The highest BCUT2D eigenvalue weighted by molar-refractivity contribution is 5.95. The van der Waals surface area contributed by atoms with E-state index in [4.69, 9.17) is 24.1 Å². The van der Waals surface area contributed by atoms with Crippen molar-refractivity contribution in [3.63, 3.8) is 0 Å². The lowest BCUT2D eigenvalue weighted by Gasteiger charge is -2.33. The highest BCUT2D eigenvalue weighted by atomic mass is 16.6. The Kier molecular flexibility index (Phi) is 9.88. The summed E-state index contributed by atoms with van der Waals surface area (Å²) in [6.07, 6.45) is 3.06. The molecule has 51 heavy (non-hydrogen) atoms. The maximum absolute atomic E-state index is 12.9. The highest BCUT2D eigenvalue weighted by Gasteiger charge is 2.31. The third kappa shape index (κ3) is 8.05. The molecule has 0 aliphatic carbocycles. The molecule has 1 aliphatic rings. The van der Waals surface area contributed by atoms with E-state index in [1.165, 1.54) is 0 Å². The van der Waals surface area contributed by atoms with Crippen LogP contribution in [0.15, 0.2) is 65.3 Å². The molecule has 0 bridgehead atoms. The second-order valence-corrected chi connectivity index (χ2v) is 15.2. The van der Waals surface area contributed by atoms with Gasteiger partial charge in [-0.1, -0.05) is 62.3 Å². The van der Waals surface area contributed by atoms with Crippen LogP contribution in [0.1, 0.15) is 107 Å². The van der Waals surface area contributed by atoms with E-state index in [2.05, 4.69) is 27.6 Å². The fourth-order valence-electron chi connectivity index (χ4n) is 6.24. The summed E-state index contributed by atoms with van der Waals surface area (Å²) in [4.78, 5) is 36.7. The lowest BCUT2D eigenvalue weighted by Crippen LogP contribution is -2.41. The Bertz CT molecular complexity index is 1990. The van der Waals surface area contributed by atoms with Crippen molar-refractivity contribution in [3.05, 3.63) is 89.3 Å². The number of aromatic nitrogens is 5. The van der Waals surface area contributed by atoms with Crippen LogP contribution >= 0.6 is 0 Å². The quantitative estimate of drug-likeness (QED) is 0.176. The van der Waals surface area contributed by atoms with E-state index in [0.29, 0.717) is 25.5 Å². The van der Waals surface area contributed by atoms with Crippen molar-refractivity contribution < 1.29 is 23.6 Å². The van der Waals surface area contributed by atoms with E-state index >= 15 is 0 Å². The van der Waals surface area contributed by atoms with Crippen LogP contribution in [-0.4, -0.2) is 67.6 Å². The molecular weight excluding hydrogens is 646 g/mol. The Balaban J connectivity index is 1.28. The maximum atomic E-state index is 12.9. The first-order valence-corrected chi connectivity index (χ1v) is 17.4. The van der Waals surface area contributed by atoms with Crippen LogP contribution in [0.25, 0.3) is 22.2 Å². The molecule has 4 heterocycles. The van der Waals surface area contributed by atoms with Gasteiger partial charge in [-0.25, -0.2) is 14.5 Å². The molecule has 1 aliphatic heterocycles. The average Bonchev–Trinajstić information content (AvgIpc) is 3.75. The van der Waals surface area contributed by atoms with Crippen LogP contribution in [0.5, 0.6) is 5.75 Å². The predicted molar refractivity (Wildman–Crippen MR) is 194 cm³/mol. The van der Waals surface area contributed by atoms with Crippen molar-refractivity contribution in [2.45, 2.75) is 90.8 Å². The normalized spacial score (nSPS) is 14.8. The van der Waals surface area contributed by atoms with Crippen molar-refractivity contribution in [2.75, 3.05) is 20.2 Å². The highest BCUT2D eigenvalue weighted by Crippen LogP contribution is 2.38. The van der Waals surface area contributed by atoms with Gasteiger partial charge in [-0.2, -0.15) is 10.1 Å². The number of amides is 2. The summed E-state index contributed by atoms with van der Waals surface area (Å²) in [5, 5.41) is 13.2. The van der Waals surface area contributed by atoms with Crippen molar-refractivity contribution in [1.82, 2.24) is 35.1 Å². The zero-order chi connectivity index (χ0) is 36.5. The van der Waals surface area contributed by atoms with Crippen molar-refractivity contribution in [3.8, 4) is 16.9 Å². The van der Waals surface area contributed by atoms with E-state index in [1.807, 2.05) is 102 Å². The number of carbonyl (C=O) groups is 2. The number of carbonyl (C=O) groups excluding carboxylic acids is 2. The molecule has 12 heteroatoms. The molecule has 1 N–H and O–H groups in total. The Labute approximate surface area is 298 Å². The van der Waals surface area contributed by atoms with Crippen LogP contribution in [0, 0.1) is 0 Å². The molecule has 0 saturated carbocycles. The number of hydrogen-bond acceptors (Lipinski definition) is 9. The van der Waals surface area contributed by atoms with E-state index in [0.717, 1.165) is 57.6 Å². The van der Waals surface area contributed by atoms with Gasteiger partial charge < -0.3 is 24.2 Å². The summed E-state index contributed by atoms with van der Waals surface area (Å²) >= 11 is 0. The van der Waals surface area contributed by atoms with Gasteiger partial charge >= 0.3 is 17.9 Å². The minimum absolute atomic E-state index is 0.0568. The topological polar surface area (TPSA) is 138 Å².